The highest BCUT2D eigenvalue weighted by Gasteiger charge is 2.19. The van der Waals surface area contributed by atoms with Gasteiger partial charge in [-0.2, -0.15) is 0 Å². The van der Waals surface area contributed by atoms with Crippen molar-refractivity contribution in [2.45, 2.75) is 271 Å². The van der Waals surface area contributed by atoms with Crippen molar-refractivity contribution >= 4 is 17.9 Å². The Kier molecular flexibility index (Phi) is 46.4. The maximum absolute atomic E-state index is 12.8. The van der Waals surface area contributed by atoms with E-state index >= 15 is 0 Å². The van der Waals surface area contributed by atoms with E-state index in [9.17, 15) is 14.4 Å². The van der Waals surface area contributed by atoms with E-state index in [2.05, 4.69) is 57.2 Å². The van der Waals surface area contributed by atoms with E-state index in [-0.39, 0.29) is 31.1 Å². The van der Waals surface area contributed by atoms with E-state index in [1.807, 2.05) is 0 Å². The van der Waals surface area contributed by atoms with Crippen LogP contribution >= 0.6 is 0 Å². The molecule has 0 bridgehead atoms. The first-order chi connectivity index (χ1) is 29.0. The van der Waals surface area contributed by atoms with Crippen LogP contribution in [0.25, 0.3) is 0 Å². The van der Waals surface area contributed by atoms with E-state index < -0.39 is 6.10 Å². The van der Waals surface area contributed by atoms with Gasteiger partial charge < -0.3 is 14.2 Å². The predicted molar refractivity (Wildman–Crippen MR) is 252 cm³/mol. The number of hydrogen-bond donors (Lipinski definition) is 0. The van der Waals surface area contributed by atoms with E-state index in [4.69, 9.17) is 14.2 Å². The molecule has 0 aliphatic carbocycles. The Morgan fingerprint density at radius 3 is 1.02 bits per heavy atom. The van der Waals surface area contributed by atoms with Gasteiger partial charge in [0.15, 0.2) is 6.10 Å². The zero-order valence-electron chi connectivity index (χ0n) is 39.3. The summed E-state index contributed by atoms with van der Waals surface area (Å²) in [5.74, 6) is -0.929. The molecule has 6 nitrogen and oxygen atoms in total. The van der Waals surface area contributed by atoms with E-state index in [0.717, 1.165) is 57.8 Å². The van der Waals surface area contributed by atoms with Crippen LogP contribution in [-0.4, -0.2) is 37.2 Å². The third-order valence-electron chi connectivity index (χ3n) is 11.1. The average Bonchev–Trinajstić information content (AvgIpc) is 3.23. The molecule has 0 unspecified atom stereocenters. The molecular weight excluding hydrogens is 733 g/mol. The van der Waals surface area contributed by atoms with Gasteiger partial charge >= 0.3 is 17.9 Å². The Labute approximate surface area is 365 Å². The minimum absolute atomic E-state index is 0.0837. The molecule has 6 heteroatoms. The van der Waals surface area contributed by atoms with Crippen molar-refractivity contribution < 1.29 is 28.6 Å². The van der Waals surface area contributed by atoms with Gasteiger partial charge in [-0.3, -0.25) is 14.4 Å². The van der Waals surface area contributed by atoms with Gasteiger partial charge in [-0.25, -0.2) is 0 Å². The highest BCUT2D eigenvalue weighted by Crippen LogP contribution is 2.15. The molecule has 0 spiro atoms. The second-order valence-corrected chi connectivity index (χ2v) is 17.1. The van der Waals surface area contributed by atoms with Crippen molar-refractivity contribution in [2.75, 3.05) is 13.2 Å². The van der Waals surface area contributed by atoms with Crippen molar-refractivity contribution in [1.29, 1.82) is 0 Å². The number of rotatable bonds is 46. The molecule has 0 fully saturated rings. The van der Waals surface area contributed by atoms with Gasteiger partial charge in [-0.05, 0) is 51.4 Å². The minimum atomic E-state index is -0.785. The lowest BCUT2D eigenvalue weighted by atomic mass is 10.0. The molecule has 0 saturated heterocycles. The van der Waals surface area contributed by atoms with E-state index in [1.165, 1.54) is 161 Å². The number of hydrogen-bond acceptors (Lipinski definition) is 6. The molecule has 0 heterocycles. The van der Waals surface area contributed by atoms with Crippen molar-refractivity contribution in [3.8, 4) is 0 Å². The Morgan fingerprint density at radius 1 is 0.339 bits per heavy atom. The molecule has 1 atom stereocenters. The normalized spacial score (nSPS) is 12.3. The fourth-order valence-electron chi connectivity index (χ4n) is 7.28. The fourth-order valence-corrected chi connectivity index (χ4v) is 7.28. The molecule has 0 aliphatic rings. The maximum Gasteiger partial charge on any atom is 0.306 e. The van der Waals surface area contributed by atoms with Gasteiger partial charge in [0, 0.05) is 19.3 Å². The molecular formula is C53H96O6. The Hall–Kier alpha value is -2.37. The number of esters is 3. The summed E-state index contributed by atoms with van der Waals surface area (Å²) in [6.45, 7) is 6.59. The number of unbranched alkanes of at least 4 members (excludes halogenated alkanes) is 29. The monoisotopic (exact) mass is 829 g/mol. The SMILES string of the molecule is CCCCCCCC/C=C\C/C=C\C/C=C\CCCC(=O)OC[C@H](COC(=O)CCCCCCCCCCCCC)OC(=O)CCCCCCCCCCCCCCC. The summed E-state index contributed by atoms with van der Waals surface area (Å²) in [6, 6.07) is 0. The zero-order chi connectivity index (χ0) is 43.0. The van der Waals surface area contributed by atoms with Crippen LogP contribution in [0, 0.1) is 0 Å². The van der Waals surface area contributed by atoms with Crippen LogP contribution in [0.2, 0.25) is 0 Å². The summed E-state index contributed by atoms with van der Waals surface area (Å²) >= 11 is 0. The van der Waals surface area contributed by atoms with Gasteiger partial charge in [-0.1, -0.05) is 231 Å². The van der Waals surface area contributed by atoms with Gasteiger partial charge in [0.1, 0.15) is 13.2 Å². The van der Waals surface area contributed by atoms with Crippen LogP contribution in [-0.2, 0) is 28.6 Å². The number of carbonyl (C=O) groups excluding carboxylic acids is 3. The third kappa shape index (κ3) is 46.5. The molecule has 0 aromatic carbocycles. The summed E-state index contributed by atoms with van der Waals surface area (Å²) in [5.41, 5.74) is 0. The lowest BCUT2D eigenvalue weighted by molar-refractivity contribution is -0.167. The molecule has 0 rings (SSSR count). The highest BCUT2D eigenvalue weighted by atomic mass is 16.6. The van der Waals surface area contributed by atoms with E-state index in [0.29, 0.717) is 25.7 Å². The molecule has 0 N–H and O–H groups in total. The van der Waals surface area contributed by atoms with Gasteiger partial charge in [-0.15, -0.1) is 0 Å². The van der Waals surface area contributed by atoms with Crippen LogP contribution in [0.1, 0.15) is 265 Å². The molecule has 0 aromatic heterocycles. The maximum atomic E-state index is 12.8. The average molecular weight is 829 g/mol. The summed E-state index contributed by atoms with van der Waals surface area (Å²) in [7, 11) is 0. The molecule has 0 amide bonds. The highest BCUT2D eigenvalue weighted by molar-refractivity contribution is 5.71. The molecule has 0 saturated carbocycles. The Balaban J connectivity index is 4.41. The van der Waals surface area contributed by atoms with Crippen molar-refractivity contribution in [3.05, 3.63) is 36.5 Å². The second kappa shape index (κ2) is 48.3. The van der Waals surface area contributed by atoms with E-state index in [1.54, 1.807) is 0 Å². The number of ether oxygens (including phenoxy) is 3. The van der Waals surface area contributed by atoms with Crippen LogP contribution in [0.4, 0.5) is 0 Å². The van der Waals surface area contributed by atoms with Crippen LogP contribution < -0.4 is 0 Å². The van der Waals surface area contributed by atoms with Crippen molar-refractivity contribution in [1.82, 2.24) is 0 Å². The number of carbonyl (C=O) groups is 3. The summed E-state index contributed by atoms with van der Waals surface area (Å²) in [6.07, 6.45) is 55.6. The van der Waals surface area contributed by atoms with Crippen LogP contribution in [0.15, 0.2) is 36.5 Å². The Morgan fingerprint density at radius 2 is 0.627 bits per heavy atom. The molecule has 0 aliphatic heterocycles. The van der Waals surface area contributed by atoms with Gasteiger partial charge in [0.05, 0.1) is 0 Å². The minimum Gasteiger partial charge on any atom is -0.462 e. The second-order valence-electron chi connectivity index (χ2n) is 17.1. The van der Waals surface area contributed by atoms with Crippen LogP contribution in [0.3, 0.4) is 0 Å². The smallest absolute Gasteiger partial charge is 0.306 e. The first kappa shape index (κ1) is 56.6. The van der Waals surface area contributed by atoms with Gasteiger partial charge in [0.25, 0.3) is 0 Å². The first-order valence-corrected chi connectivity index (χ1v) is 25.5. The lowest BCUT2D eigenvalue weighted by Gasteiger charge is -2.18. The van der Waals surface area contributed by atoms with Gasteiger partial charge in [0.2, 0.25) is 0 Å². The first-order valence-electron chi connectivity index (χ1n) is 25.5. The standard InChI is InChI=1S/C53H96O6/c1-4-7-10-13-16-19-22-24-25-26-27-29-31-34-37-40-43-46-52(55)58-49-50(48-57-51(54)45-42-39-36-33-30-21-18-15-12-9-6-3)59-53(56)47-44-41-38-35-32-28-23-20-17-14-11-8-5-2/h24-25,27,29,34,37,50H,4-23,26,28,30-33,35-36,38-49H2,1-3H3/b25-24-,29-27-,37-34-/t50-/m0/s1. The Bertz CT molecular complexity index is 1000. The largest absolute Gasteiger partial charge is 0.462 e. The zero-order valence-corrected chi connectivity index (χ0v) is 39.3. The summed E-state index contributed by atoms with van der Waals surface area (Å²) in [5, 5.41) is 0. The predicted octanol–water partition coefficient (Wildman–Crippen LogP) is 16.5. The quantitative estimate of drug-likeness (QED) is 0.0263. The summed E-state index contributed by atoms with van der Waals surface area (Å²) in [4.78, 5) is 37.9. The van der Waals surface area contributed by atoms with Crippen LogP contribution in [0.5, 0.6) is 0 Å². The number of allylic oxidation sites excluding steroid dienone is 6. The topological polar surface area (TPSA) is 78.9 Å². The molecule has 0 radical (unpaired) electrons. The molecule has 0 aromatic rings. The third-order valence-corrected chi connectivity index (χ3v) is 11.1. The molecule has 344 valence electrons. The lowest BCUT2D eigenvalue weighted by Crippen LogP contribution is -2.30. The summed E-state index contributed by atoms with van der Waals surface area (Å²) < 4.78 is 16.7. The molecule has 59 heavy (non-hydrogen) atoms. The van der Waals surface area contributed by atoms with Crippen molar-refractivity contribution in [2.24, 2.45) is 0 Å². The fraction of sp³-hybridized carbons (Fsp3) is 0.830. The van der Waals surface area contributed by atoms with Crippen molar-refractivity contribution in [3.63, 3.8) is 0 Å².